The highest BCUT2D eigenvalue weighted by molar-refractivity contribution is 5.84. The van der Waals surface area contributed by atoms with E-state index in [9.17, 15) is 18.4 Å². The molecule has 0 N–H and O–H groups in total. The molecule has 25 heavy (non-hydrogen) atoms. The molecule has 0 spiro atoms. The Bertz CT molecular complexity index is 693. The fourth-order valence-corrected chi connectivity index (χ4v) is 4.52. The Hall–Kier alpha value is -1.98. The third-order valence-corrected chi connectivity index (χ3v) is 5.71. The summed E-state index contributed by atoms with van der Waals surface area (Å²) in [7, 11) is 0. The van der Waals surface area contributed by atoms with Crippen molar-refractivity contribution in [2.75, 3.05) is 6.61 Å². The molecule has 3 atom stereocenters. The molecule has 1 aromatic carbocycles. The van der Waals surface area contributed by atoms with E-state index in [1.807, 2.05) is 6.92 Å². The zero-order valence-electron chi connectivity index (χ0n) is 14.6. The zero-order valence-corrected chi connectivity index (χ0v) is 14.6. The minimum atomic E-state index is -0.977. The van der Waals surface area contributed by atoms with Crippen molar-refractivity contribution in [3.8, 4) is 0 Å². The highest BCUT2D eigenvalue weighted by Gasteiger charge is 2.60. The van der Waals surface area contributed by atoms with Crippen LogP contribution in [0.1, 0.15) is 45.1 Å². The van der Waals surface area contributed by atoms with Gasteiger partial charge in [0.05, 0.1) is 18.4 Å². The summed E-state index contributed by atoms with van der Waals surface area (Å²) in [4.78, 5) is 27.1. The highest BCUT2D eigenvalue weighted by atomic mass is 19.2. The first-order valence-corrected chi connectivity index (χ1v) is 8.85. The average molecular weight is 351 g/mol. The largest absolute Gasteiger partial charge is 0.466 e. The van der Waals surface area contributed by atoms with Crippen molar-refractivity contribution < 1.29 is 23.1 Å². The normalized spacial score (nSPS) is 27.6. The van der Waals surface area contributed by atoms with Gasteiger partial charge in [-0.05, 0) is 38.7 Å². The van der Waals surface area contributed by atoms with Crippen LogP contribution in [0.4, 0.5) is 8.78 Å². The fourth-order valence-electron chi connectivity index (χ4n) is 4.52. The number of carbonyl (C=O) groups excluding carboxylic acids is 2. The van der Waals surface area contributed by atoms with E-state index < -0.39 is 17.0 Å². The molecule has 1 amide bonds. The molecule has 2 saturated heterocycles. The van der Waals surface area contributed by atoms with Gasteiger partial charge in [0.1, 0.15) is 0 Å². The molecule has 2 aliphatic rings. The van der Waals surface area contributed by atoms with Gasteiger partial charge in [-0.2, -0.15) is 0 Å². The number of halogens is 2. The molecule has 136 valence electrons. The number of nitrogens with zero attached hydrogens (tertiary/aromatic N) is 1. The SMILES string of the molecule is CCOC(=O)[C@@]1(CC)C[C@H]2CC[C@@H]1N2C(=O)Cc1cccc(F)c1F. The van der Waals surface area contributed by atoms with Gasteiger partial charge < -0.3 is 9.64 Å². The Labute approximate surface area is 146 Å². The molecule has 2 heterocycles. The van der Waals surface area contributed by atoms with E-state index in [1.165, 1.54) is 12.1 Å². The number of benzene rings is 1. The first kappa shape index (κ1) is 17.8. The minimum Gasteiger partial charge on any atom is -0.466 e. The molecular weight excluding hydrogens is 328 g/mol. The van der Waals surface area contributed by atoms with E-state index in [2.05, 4.69) is 0 Å². The summed E-state index contributed by atoms with van der Waals surface area (Å²) in [6, 6.07) is 3.61. The summed E-state index contributed by atoms with van der Waals surface area (Å²) in [5, 5.41) is 0. The quantitative estimate of drug-likeness (QED) is 0.765. The van der Waals surface area contributed by atoms with Gasteiger partial charge >= 0.3 is 5.97 Å². The lowest BCUT2D eigenvalue weighted by atomic mass is 9.72. The van der Waals surface area contributed by atoms with Crippen molar-refractivity contribution >= 4 is 11.9 Å². The number of ether oxygens (including phenoxy) is 1. The molecular formula is C19H23F2NO3. The lowest BCUT2D eigenvalue weighted by Gasteiger charge is -2.34. The third-order valence-electron chi connectivity index (χ3n) is 5.71. The summed E-state index contributed by atoms with van der Waals surface area (Å²) < 4.78 is 32.5. The van der Waals surface area contributed by atoms with E-state index in [0.717, 1.165) is 18.9 Å². The first-order chi connectivity index (χ1) is 11.9. The fraction of sp³-hybridized carbons (Fsp3) is 0.579. The minimum absolute atomic E-state index is 0.0292. The highest BCUT2D eigenvalue weighted by Crippen LogP contribution is 2.52. The number of hydrogen-bond donors (Lipinski definition) is 0. The van der Waals surface area contributed by atoms with Gasteiger partial charge in [0.25, 0.3) is 0 Å². The van der Waals surface area contributed by atoms with Crippen LogP contribution in [-0.4, -0.2) is 35.5 Å². The Morgan fingerprint density at radius 1 is 1.28 bits per heavy atom. The Balaban J connectivity index is 1.82. The molecule has 3 rings (SSSR count). The predicted octanol–water partition coefficient (Wildman–Crippen LogP) is 3.23. The molecule has 4 nitrogen and oxygen atoms in total. The van der Waals surface area contributed by atoms with Crippen LogP contribution in [0.3, 0.4) is 0 Å². The van der Waals surface area contributed by atoms with Crippen molar-refractivity contribution in [3.05, 3.63) is 35.4 Å². The van der Waals surface area contributed by atoms with Crippen LogP contribution in [0.2, 0.25) is 0 Å². The van der Waals surface area contributed by atoms with Gasteiger partial charge in [0.2, 0.25) is 5.91 Å². The molecule has 0 aliphatic carbocycles. The van der Waals surface area contributed by atoms with Crippen molar-refractivity contribution in [2.45, 2.75) is 58.0 Å². The van der Waals surface area contributed by atoms with Crippen LogP contribution in [0, 0.1) is 17.0 Å². The van der Waals surface area contributed by atoms with Crippen molar-refractivity contribution in [2.24, 2.45) is 5.41 Å². The molecule has 6 heteroatoms. The van der Waals surface area contributed by atoms with Crippen LogP contribution in [0.15, 0.2) is 18.2 Å². The summed E-state index contributed by atoms with van der Waals surface area (Å²) in [6.07, 6.45) is 2.58. The van der Waals surface area contributed by atoms with E-state index in [1.54, 1.807) is 11.8 Å². The number of carbonyl (C=O) groups is 2. The Morgan fingerprint density at radius 2 is 2.04 bits per heavy atom. The van der Waals surface area contributed by atoms with E-state index >= 15 is 0 Å². The molecule has 0 saturated carbocycles. The second-order valence-corrected chi connectivity index (χ2v) is 6.87. The standard InChI is InChI=1S/C19H23F2NO3/c1-3-19(18(24)25-4-2)11-13-8-9-15(19)22(13)16(23)10-12-6-5-7-14(20)17(12)21/h5-7,13,15H,3-4,8-11H2,1-2H3/t13-,15+,19+/m1/s1. The number of rotatable bonds is 5. The second kappa shape index (κ2) is 6.73. The molecule has 2 aliphatic heterocycles. The summed E-state index contributed by atoms with van der Waals surface area (Å²) >= 11 is 0. The van der Waals surface area contributed by atoms with Gasteiger partial charge in [-0.1, -0.05) is 19.1 Å². The Kier molecular flexibility index (Phi) is 4.80. The van der Waals surface area contributed by atoms with E-state index in [4.69, 9.17) is 4.74 Å². The van der Waals surface area contributed by atoms with Crippen molar-refractivity contribution in [1.82, 2.24) is 4.90 Å². The average Bonchev–Trinajstić information content (AvgIpc) is 3.15. The molecule has 0 aromatic heterocycles. The van der Waals surface area contributed by atoms with Crippen molar-refractivity contribution in [1.29, 1.82) is 0 Å². The summed E-state index contributed by atoms with van der Waals surface area (Å²) in [5.41, 5.74) is -0.621. The van der Waals surface area contributed by atoms with Gasteiger partial charge in [0.15, 0.2) is 11.6 Å². The lowest BCUT2D eigenvalue weighted by molar-refractivity contribution is -0.158. The van der Waals surface area contributed by atoms with Gasteiger partial charge in [-0.25, -0.2) is 8.78 Å². The van der Waals surface area contributed by atoms with Crippen LogP contribution in [-0.2, 0) is 20.7 Å². The first-order valence-electron chi connectivity index (χ1n) is 8.85. The van der Waals surface area contributed by atoms with Crippen LogP contribution in [0.25, 0.3) is 0 Å². The number of hydrogen-bond acceptors (Lipinski definition) is 3. The monoisotopic (exact) mass is 351 g/mol. The zero-order chi connectivity index (χ0) is 18.2. The van der Waals surface area contributed by atoms with Gasteiger partial charge in [0, 0.05) is 17.6 Å². The molecule has 0 radical (unpaired) electrons. The van der Waals surface area contributed by atoms with Gasteiger partial charge in [-0.3, -0.25) is 9.59 Å². The second-order valence-electron chi connectivity index (χ2n) is 6.87. The summed E-state index contributed by atoms with van der Waals surface area (Å²) in [6.45, 7) is 4.01. The third kappa shape index (κ3) is 2.81. The van der Waals surface area contributed by atoms with Gasteiger partial charge in [-0.15, -0.1) is 0 Å². The smallest absolute Gasteiger partial charge is 0.314 e. The van der Waals surface area contributed by atoms with E-state index in [0.29, 0.717) is 19.4 Å². The van der Waals surface area contributed by atoms with Crippen LogP contribution >= 0.6 is 0 Å². The molecule has 2 fully saturated rings. The summed E-state index contributed by atoms with van der Waals surface area (Å²) in [5.74, 6) is -2.44. The molecule has 1 aromatic rings. The van der Waals surface area contributed by atoms with Crippen molar-refractivity contribution in [3.63, 3.8) is 0 Å². The maximum Gasteiger partial charge on any atom is 0.314 e. The topological polar surface area (TPSA) is 46.6 Å². The maximum absolute atomic E-state index is 13.9. The lowest BCUT2D eigenvalue weighted by Crippen LogP contribution is -2.46. The number of amides is 1. The van der Waals surface area contributed by atoms with Crippen LogP contribution < -0.4 is 0 Å². The predicted molar refractivity (Wildman–Crippen MR) is 87.7 cm³/mol. The maximum atomic E-state index is 13.9. The molecule has 0 unspecified atom stereocenters. The van der Waals surface area contributed by atoms with Crippen LogP contribution in [0.5, 0.6) is 0 Å². The van der Waals surface area contributed by atoms with E-state index in [-0.39, 0.29) is 35.9 Å². The molecule has 2 bridgehead atoms. The Morgan fingerprint density at radius 3 is 2.72 bits per heavy atom. The number of esters is 1. The number of fused-ring (bicyclic) bond motifs is 2.